The fourth-order valence-electron chi connectivity index (χ4n) is 2.13. The number of halogens is 1. The van der Waals surface area contributed by atoms with Crippen molar-refractivity contribution in [3.63, 3.8) is 0 Å². The van der Waals surface area contributed by atoms with Gasteiger partial charge in [-0.2, -0.15) is 0 Å². The summed E-state index contributed by atoms with van der Waals surface area (Å²) in [5.74, 6) is -0.218. The van der Waals surface area contributed by atoms with Gasteiger partial charge in [0.2, 0.25) is 0 Å². The van der Waals surface area contributed by atoms with Crippen molar-refractivity contribution >= 4 is 23.3 Å². The van der Waals surface area contributed by atoms with Crippen molar-refractivity contribution in [1.29, 1.82) is 0 Å². The van der Waals surface area contributed by atoms with Crippen molar-refractivity contribution in [3.8, 4) is 5.75 Å². The summed E-state index contributed by atoms with van der Waals surface area (Å²) < 4.78 is 5.29. The van der Waals surface area contributed by atoms with Gasteiger partial charge in [0.05, 0.1) is 17.8 Å². The van der Waals surface area contributed by atoms with E-state index >= 15 is 0 Å². The predicted octanol–water partition coefficient (Wildman–Crippen LogP) is 3.70. The Morgan fingerprint density at radius 1 is 1.24 bits per heavy atom. The third-order valence-electron chi connectivity index (χ3n) is 3.13. The minimum absolute atomic E-state index is 0.0965. The molecule has 0 saturated heterocycles. The van der Waals surface area contributed by atoms with Crippen LogP contribution in [0, 0.1) is 0 Å². The Hall–Kier alpha value is -2.20. The van der Waals surface area contributed by atoms with Crippen molar-refractivity contribution in [3.05, 3.63) is 58.6 Å². The number of aromatic carboxylic acids is 1. The van der Waals surface area contributed by atoms with E-state index in [1.54, 1.807) is 25.3 Å². The van der Waals surface area contributed by atoms with E-state index in [2.05, 4.69) is 5.32 Å². The van der Waals surface area contributed by atoms with Crippen molar-refractivity contribution in [2.45, 2.75) is 6.42 Å². The number of carboxylic acid groups (broad SMARTS) is 1. The van der Waals surface area contributed by atoms with Crippen LogP contribution in [0.15, 0.2) is 42.5 Å². The number of hydrogen-bond acceptors (Lipinski definition) is 3. The number of para-hydroxylation sites is 1. The molecule has 2 rings (SSSR count). The van der Waals surface area contributed by atoms with Crippen LogP contribution in [-0.4, -0.2) is 24.7 Å². The molecule has 0 saturated carbocycles. The number of carbonyl (C=O) groups is 1. The zero-order chi connectivity index (χ0) is 15.2. The lowest BCUT2D eigenvalue weighted by atomic mass is 10.1. The molecule has 0 bridgehead atoms. The largest absolute Gasteiger partial charge is 0.496 e. The molecule has 0 radical (unpaired) electrons. The molecule has 5 heteroatoms. The molecule has 2 aromatic rings. The minimum atomic E-state index is -1.04. The van der Waals surface area contributed by atoms with E-state index in [9.17, 15) is 9.90 Å². The monoisotopic (exact) mass is 305 g/mol. The molecule has 0 aromatic heterocycles. The van der Waals surface area contributed by atoms with Crippen molar-refractivity contribution in [2.24, 2.45) is 0 Å². The lowest BCUT2D eigenvalue weighted by Gasteiger charge is -2.12. The van der Waals surface area contributed by atoms with Gasteiger partial charge in [-0.1, -0.05) is 35.9 Å². The van der Waals surface area contributed by atoms with E-state index in [1.807, 2.05) is 24.3 Å². The van der Waals surface area contributed by atoms with Crippen LogP contribution in [0.2, 0.25) is 5.02 Å². The summed E-state index contributed by atoms with van der Waals surface area (Å²) in [6.07, 6.45) is 0.718. The van der Waals surface area contributed by atoms with E-state index in [0.29, 0.717) is 12.2 Å². The van der Waals surface area contributed by atoms with Crippen LogP contribution in [0.1, 0.15) is 15.9 Å². The summed E-state index contributed by atoms with van der Waals surface area (Å²) in [6.45, 7) is 0.584. The van der Waals surface area contributed by atoms with Crippen molar-refractivity contribution in [1.82, 2.24) is 0 Å². The summed E-state index contributed by atoms with van der Waals surface area (Å²) in [5.41, 5.74) is 1.68. The Kier molecular flexibility index (Phi) is 5.06. The molecule has 2 N–H and O–H groups in total. The maximum atomic E-state index is 11.2. The standard InChI is InChI=1S/C16H16ClNO3/c1-21-14-8-3-2-5-11(14)9-10-18-13-7-4-6-12(17)15(13)16(19)20/h2-8,18H,9-10H2,1H3,(H,19,20). The highest BCUT2D eigenvalue weighted by Crippen LogP contribution is 2.24. The third-order valence-corrected chi connectivity index (χ3v) is 3.44. The molecule has 4 nitrogen and oxygen atoms in total. The Bertz CT molecular complexity index is 643. The number of methoxy groups -OCH3 is 1. The number of benzene rings is 2. The quantitative estimate of drug-likeness (QED) is 0.854. The molecule has 0 aliphatic carbocycles. The van der Waals surface area contributed by atoms with E-state index in [0.717, 1.165) is 17.7 Å². The maximum Gasteiger partial charge on any atom is 0.339 e. The number of hydrogen-bond donors (Lipinski definition) is 2. The van der Waals surface area contributed by atoms with Crippen LogP contribution in [-0.2, 0) is 6.42 Å². The first kappa shape index (κ1) is 15.2. The van der Waals surface area contributed by atoms with Crippen LogP contribution in [0.3, 0.4) is 0 Å². The fourth-order valence-corrected chi connectivity index (χ4v) is 2.39. The topological polar surface area (TPSA) is 58.6 Å². The third kappa shape index (κ3) is 3.67. The van der Waals surface area contributed by atoms with E-state index < -0.39 is 5.97 Å². The molecular weight excluding hydrogens is 290 g/mol. The second-order valence-corrected chi connectivity index (χ2v) is 4.86. The van der Waals surface area contributed by atoms with Crippen LogP contribution in [0.25, 0.3) is 0 Å². The second kappa shape index (κ2) is 6.99. The highest BCUT2D eigenvalue weighted by atomic mass is 35.5. The van der Waals surface area contributed by atoms with Gasteiger partial charge >= 0.3 is 5.97 Å². The summed E-state index contributed by atoms with van der Waals surface area (Å²) in [7, 11) is 1.63. The van der Waals surface area contributed by atoms with Gasteiger partial charge in [0, 0.05) is 6.54 Å². The number of carboxylic acids is 1. The first-order chi connectivity index (χ1) is 10.1. The van der Waals surface area contributed by atoms with Gasteiger partial charge in [0.25, 0.3) is 0 Å². The van der Waals surface area contributed by atoms with E-state index in [1.165, 1.54) is 0 Å². The minimum Gasteiger partial charge on any atom is -0.496 e. The number of rotatable bonds is 6. The van der Waals surface area contributed by atoms with Gasteiger partial charge in [0.1, 0.15) is 11.3 Å². The van der Waals surface area contributed by atoms with E-state index in [4.69, 9.17) is 16.3 Å². The Labute approximate surface area is 128 Å². The maximum absolute atomic E-state index is 11.2. The first-order valence-corrected chi connectivity index (χ1v) is 6.89. The fraction of sp³-hybridized carbons (Fsp3) is 0.188. The predicted molar refractivity (Wildman–Crippen MR) is 83.6 cm³/mol. The molecule has 0 fully saturated rings. The SMILES string of the molecule is COc1ccccc1CCNc1cccc(Cl)c1C(=O)O. The zero-order valence-corrected chi connectivity index (χ0v) is 12.4. The Balaban J connectivity index is 2.07. The number of nitrogens with one attached hydrogen (secondary N) is 1. The summed E-state index contributed by atoms with van der Waals surface area (Å²) >= 11 is 5.93. The number of anilines is 1. The molecule has 0 spiro atoms. The van der Waals surface area contributed by atoms with E-state index in [-0.39, 0.29) is 10.6 Å². The van der Waals surface area contributed by atoms with Crippen LogP contribution < -0.4 is 10.1 Å². The summed E-state index contributed by atoms with van der Waals surface area (Å²) in [5, 5.41) is 12.5. The smallest absolute Gasteiger partial charge is 0.339 e. The molecule has 21 heavy (non-hydrogen) atoms. The molecule has 0 atom stereocenters. The Morgan fingerprint density at radius 2 is 2.00 bits per heavy atom. The average Bonchev–Trinajstić information content (AvgIpc) is 2.47. The van der Waals surface area contributed by atoms with Crippen molar-refractivity contribution < 1.29 is 14.6 Å². The first-order valence-electron chi connectivity index (χ1n) is 6.51. The highest BCUT2D eigenvalue weighted by Gasteiger charge is 2.13. The van der Waals surface area contributed by atoms with Gasteiger partial charge in [-0.25, -0.2) is 4.79 Å². The lowest BCUT2D eigenvalue weighted by Crippen LogP contribution is -2.10. The second-order valence-electron chi connectivity index (χ2n) is 4.46. The van der Waals surface area contributed by atoms with Gasteiger partial charge in [0.15, 0.2) is 0 Å². The van der Waals surface area contributed by atoms with Gasteiger partial charge in [-0.15, -0.1) is 0 Å². The van der Waals surface area contributed by atoms with Crippen LogP contribution in [0.4, 0.5) is 5.69 Å². The van der Waals surface area contributed by atoms with Crippen LogP contribution in [0.5, 0.6) is 5.75 Å². The van der Waals surface area contributed by atoms with Gasteiger partial charge < -0.3 is 15.2 Å². The average molecular weight is 306 g/mol. The Morgan fingerprint density at radius 3 is 2.71 bits per heavy atom. The molecule has 0 amide bonds. The summed E-state index contributed by atoms with van der Waals surface area (Å²) in [6, 6.07) is 12.7. The van der Waals surface area contributed by atoms with Crippen LogP contribution >= 0.6 is 11.6 Å². The zero-order valence-electron chi connectivity index (χ0n) is 11.6. The normalized spacial score (nSPS) is 10.2. The van der Waals surface area contributed by atoms with Gasteiger partial charge in [-0.3, -0.25) is 0 Å². The highest BCUT2D eigenvalue weighted by molar-refractivity contribution is 6.34. The number of ether oxygens (including phenoxy) is 1. The van der Waals surface area contributed by atoms with Crippen molar-refractivity contribution in [2.75, 3.05) is 19.0 Å². The lowest BCUT2D eigenvalue weighted by molar-refractivity contribution is 0.0698. The van der Waals surface area contributed by atoms with Gasteiger partial charge in [-0.05, 0) is 30.2 Å². The molecular formula is C16H16ClNO3. The molecule has 0 aliphatic rings. The molecule has 0 aliphatic heterocycles. The molecule has 0 heterocycles. The molecule has 2 aromatic carbocycles. The molecule has 110 valence electrons. The summed E-state index contributed by atoms with van der Waals surface area (Å²) in [4.78, 5) is 11.2. The molecule has 0 unspecified atom stereocenters.